The van der Waals surface area contributed by atoms with Crippen LogP contribution in [0, 0.1) is 5.41 Å². The minimum absolute atomic E-state index is 0.0500. The first kappa shape index (κ1) is 14.6. The Labute approximate surface area is 126 Å². The Hall–Kier alpha value is -1.78. The highest BCUT2D eigenvalue weighted by molar-refractivity contribution is 6.31. The molecule has 0 radical (unpaired) electrons. The van der Waals surface area contributed by atoms with Crippen molar-refractivity contribution >= 4 is 29.1 Å². The third-order valence-corrected chi connectivity index (χ3v) is 3.52. The van der Waals surface area contributed by atoms with Crippen LogP contribution in [0.4, 0.5) is 0 Å². The van der Waals surface area contributed by atoms with Gasteiger partial charge in [0, 0.05) is 17.8 Å². The molecule has 0 atom stereocenters. The van der Waals surface area contributed by atoms with Crippen molar-refractivity contribution in [1.29, 1.82) is 5.41 Å². The van der Waals surface area contributed by atoms with E-state index in [1.165, 1.54) is 6.07 Å². The maximum Gasteiger partial charge on any atom is 0.252 e. The third kappa shape index (κ3) is 3.21. The van der Waals surface area contributed by atoms with Gasteiger partial charge in [-0.15, -0.1) is 0 Å². The number of primary amides is 1. The van der Waals surface area contributed by atoms with E-state index in [-0.39, 0.29) is 11.1 Å². The van der Waals surface area contributed by atoms with Gasteiger partial charge < -0.3 is 10.3 Å². The monoisotopic (exact) mass is 309 g/mol. The van der Waals surface area contributed by atoms with Gasteiger partial charge in [-0.3, -0.25) is 10.2 Å². The minimum atomic E-state index is -0.663. The number of aromatic nitrogens is 1. The summed E-state index contributed by atoms with van der Waals surface area (Å²) in [6, 6.07) is 8.90. The molecule has 104 valence electrons. The second kappa shape index (κ2) is 6.11. The maximum absolute atomic E-state index is 11.3. The molecule has 3 N–H and O–H groups in total. The van der Waals surface area contributed by atoms with Crippen molar-refractivity contribution in [3.8, 4) is 0 Å². The van der Waals surface area contributed by atoms with Crippen molar-refractivity contribution in [3.63, 3.8) is 0 Å². The van der Waals surface area contributed by atoms with Crippen LogP contribution in [-0.2, 0) is 13.0 Å². The summed E-state index contributed by atoms with van der Waals surface area (Å²) in [7, 11) is 0. The summed E-state index contributed by atoms with van der Waals surface area (Å²) in [5, 5.41) is 9.01. The smallest absolute Gasteiger partial charge is 0.252 e. The van der Waals surface area contributed by atoms with Crippen LogP contribution < -0.4 is 11.2 Å². The van der Waals surface area contributed by atoms with Crippen LogP contribution in [0.5, 0.6) is 0 Å². The summed E-state index contributed by atoms with van der Waals surface area (Å²) in [5.41, 5.74) is 6.36. The summed E-state index contributed by atoms with van der Waals surface area (Å²) in [6.07, 6.45) is 2.24. The van der Waals surface area contributed by atoms with Gasteiger partial charge in [-0.2, -0.15) is 0 Å². The molecule has 6 heteroatoms. The summed E-state index contributed by atoms with van der Waals surface area (Å²) in [5.74, 6) is -0.663. The Bertz CT molecular complexity index is 710. The molecule has 1 aromatic carbocycles. The molecule has 0 aliphatic carbocycles. The summed E-state index contributed by atoms with van der Waals surface area (Å²) in [6.45, 7) is 0.489. The SMILES string of the molecule is N=c1c(C(N)=O)cc(Cl)cn1CCc1ccccc1Cl. The standard InChI is InChI=1S/C14H13Cl2N3O/c15-10-7-11(14(18)20)13(17)19(8-10)6-5-9-3-1-2-4-12(9)16/h1-4,7-8,17H,5-6H2,(H2,18,20). The number of rotatable bonds is 4. The van der Waals surface area contributed by atoms with Gasteiger partial charge in [-0.05, 0) is 24.1 Å². The number of carbonyl (C=O) groups excluding carboxylic acids is 1. The number of pyridine rings is 1. The van der Waals surface area contributed by atoms with Crippen molar-refractivity contribution in [1.82, 2.24) is 4.57 Å². The van der Waals surface area contributed by atoms with E-state index >= 15 is 0 Å². The second-order valence-corrected chi connectivity index (χ2v) is 5.16. The third-order valence-electron chi connectivity index (χ3n) is 2.95. The second-order valence-electron chi connectivity index (χ2n) is 4.32. The Morgan fingerprint density at radius 2 is 2.00 bits per heavy atom. The van der Waals surface area contributed by atoms with Crippen LogP contribution in [0.1, 0.15) is 15.9 Å². The van der Waals surface area contributed by atoms with Gasteiger partial charge >= 0.3 is 0 Å². The minimum Gasteiger partial charge on any atom is -0.365 e. The van der Waals surface area contributed by atoms with Crippen LogP contribution in [-0.4, -0.2) is 10.5 Å². The largest absolute Gasteiger partial charge is 0.365 e. The fourth-order valence-corrected chi connectivity index (χ4v) is 2.38. The molecule has 1 heterocycles. The number of nitrogens with two attached hydrogens (primary N) is 1. The highest BCUT2D eigenvalue weighted by Gasteiger charge is 2.08. The number of nitrogens with one attached hydrogen (secondary N) is 1. The molecule has 0 spiro atoms. The first-order chi connectivity index (χ1) is 9.49. The molecule has 0 bridgehead atoms. The molecule has 1 amide bonds. The number of nitrogens with zero attached hydrogens (tertiary/aromatic N) is 1. The predicted octanol–water partition coefficient (Wildman–Crippen LogP) is 2.62. The van der Waals surface area contributed by atoms with Gasteiger partial charge in [-0.1, -0.05) is 41.4 Å². The van der Waals surface area contributed by atoms with E-state index in [0.717, 1.165) is 5.56 Å². The zero-order valence-electron chi connectivity index (χ0n) is 10.6. The number of benzene rings is 1. The molecule has 0 fully saturated rings. The van der Waals surface area contributed by atoms with Crippen LogP contribution in [0.3, 0.4) is 0 Å². The molecule has 2 aromatic rings. The van der Waals surface area contributed by atoms with E-state index in [1.807, 2.05) is 24.3 Å². The lowest BCUT2D eigenvalue weighted by Gasteiger charge is -2.10. The van der Waals surface area contributed by atoms with Crippen LogP contribution in [0.25, 0.3) is 0 Å². The highest BCUT2D eigenvalue weighted by atomic mass is 35.5. The first-order valence-corrected chi connectivity index (χ1v) is 6.72. The quantitative estimate of drug-likeness (QED) is 0.895. The highest BCUT2D eigenvalue weighted by Crippen LogP contribution is 2.16. The Kier molecular flexibility index (Phi) is 4.47. The van der Waals surface area contributed by atoms with Gasteiger partial charge in [0.05, 0.1) is 10.6 Å². The number of aryl methyl sites for hydroxylation is 2. The molecule has 1 aromatic heterocycles. The van der Waals surface area contributed by atoms with E-state index < -0.39 is 5.91 Å². The fourth-order valence-electron chi connectivity index (χ4n) is 1.92. The lowest BCUT2D eigenvalue weighted by Crippen LogP contribution is -2.30. The molecular weight excluding hydrogens is 297 g/mol. The van der Waals surface area contributed by atoms with Gasteiger partial charge in [0.15, 0.2) is 0 Å². The number of hydrogen-bond donors (Lipinski definition) is 2. The molecule has 0 saturated heterocycles. The van der Waals surface area contributed by atoms with Gasteiger partial charge in [0.2, 0.25) is 0 Å². The molecule has 0 aliphatic heterocycles. The summed E-state index contributed by atoms with van der Waals surface area (Å²) < 4.78 is 1.59. The fraction of sp³-hybridized carbons (Fsp3) is 0.143. The average Bonchev–Trinajstić information content (AvgIpc) is 2.40. The average molecular weight is 310 g/mol. The predicted molar refractivity (Wildman–Crippen MR) is 79.0 cm³/mol. The first-order valence-electron chi connectivity index (χ1n) is 5.97. The van der Waals surface area contributed by atoms with E-state index in [9.17, 15) is 4.79 Å². The van der Waals surface area contributed by atoms with E-state index in [2.05, 4.69) is 0 Å². The number of hydrogen-bond acceptors (Lipinski definition) is 2. The lowest BCUT2D eigenvalue weighted by atomic mass is 10.1. The Morgan fingerprint density at radius 1 is 1.30 bits per heavy atom. The van der Waals surface area contributed by atoms with E-state index in [4.69, 9.17) is 34.3 Å². The normalized spacial score (nSPS) is 10.5. The Morgan fingerprint density at radius 3 is 2.65 bits per heavy atom. The topological polar surface area (TPSA) is 71.9 Å². The Balaban J connectivity index is 2.29. The van der Waals surface area contributed by atoms with Crippen molar-refractivity contribution in [2.45, 2.75) is 13.0 Å². The van der Waals surface area contributed by atoms with Crippen LogP contribution >= 0.6 is 23.2 Å². The zero-order chi connectivity index (χ0) is 14.7. The van der Waals surface area contributed by atoms with Crippen molar-refractivity contribution in [2.24, 2.45) is 5.73 Å². The molecule has 0 unspecified atom stereocenters. The zero-order valence-corrected chi connectivity index (χ0v) is 12.1. The number of amides is 1. The number of halogens is 2. The number of carbonyl (C=O) groups is 1. The van der Waals surface area contributed by atoms with Crippen LogP contribution in [0.2, 0.25) is 10.0 Å². The summed E-state index contributed by atoms with van der Waals surface area (Å²) >= 11 is 12.0. The van der Waals surface area contributed by atoms with Crippen molar-refractivity contribution < 1.29 is 4.79 Å². The van der Waals surface area contributed by atoms with Gasteiger partial charge in [0.1, 0.15) is 5.49 Å². The maximum atomic E-state index is 11.3. The van der Waals surface area contributed by atoms with E-state index in [0.29, 0.717) is 23.0 Å². The van der Waals surface area contributed by atoms with Gasteiger partial charge in [-0.25, -0.2) is 0 Å². The summed E-state index contributed by atoms with van der Waals surface area (Å²) in [4.78, 5) is 11.3. The van der Waals surface area contributed by atoms with Gasteiger partial charge in [0.25, 0.3) is 5.91 Å². The van der Waals surface area contributed by atoms with Crippen molar-refractivity contribution in [2.75, 3.05) is 0 Å². The lowest BCUT2D eigenvalue weighted by molar-refractivity contribution is 0.0997. The molecule has 2 rings (SSSR count). The molecular formula is C14H13Cl2N3O. The molecule has 4 nitrogen and oxygen atoms in total. The molecule has 0 aliphatic rings. The molecule has 20 heavy (non-hydrogen) atoms. The van der Waals surface area contributed by atoms with Crippen LogP contribution in [0.15, 0.2) is 36.5 Å². The van der Waals surface area contributed by atoms with E-state index in [1.54, 1.807) is 10.8 Å². The van der Waals surface area contributed by atoms with Crippen molar-refractivity contribution in [3.05, 3.63) is 63.2 Å². The molecule has 0 saturated carbocycles.